The lowest BCUT2D eigenvalue weighted by molar-refractivity contribution is -0.135. The van der Waals surface area contributed by atoms with E-state index in [-0.39, 0.29) is 5.56 Å². The summed E-state index contributed by atoms with van der Waals surface area (Å²) in [5, 5.41) is 8.61. The number of hydrogen-bond donors (Lipinski definition) is 1. The number of esters is 2. The van der Waals surface area contributed by atoms with E-state index in [1.165, 1.54) is 0 Å². The molecular weight excluding hydrogens is 757 g/mol. The van der Waals surface area contributed by atoms with Crippen LogP contribution >= 0.6 is 67.8 Å². The molecule has 0 bridgehead atoms. The molecule has 0 saturated carbocycles. The van der Waals surface area contributed by atoms with Crippen LogP contribution in [0.5, 0.6) is 5.75 Å². The van der Waals surface area contributed by atoms with Crippen molar-refractivity contribution < 1.29 is 46.5 Å². The fourth-order valence-electron chi connectivity index (χ4n) is 2.06. The molecule has 0 saturated heterocycles. The molecule has 0 spiro atoms. The van der Waals surface area contributed by atoms with Crippen LogP contribution in [0.4, 0.5) is 17.6 Å². The van der Waals surface area contributed by atoms with Gasteiger partial charge in [-0.25, -0.2) is 18.4 Å². The second-order valence-electron chi connectivity index (χ2n) is 5.37. The maximum absolute atomic E-state index is 13.8. The molecule has 30 heavy (non-hydrogen) atoms. The van der Waals surface area contributed by atoms with Gasteiger partial charge in [0.05, 0.1) is 12.0 Å². The molecule has 1 N–H and O–H groups in total. The van der Waals surface area contributed by atoms with E-state index in [2.05, 4.69) is 4.74 Å². The van der Waals surface area contributed by atoms with Gasteiger partial charge in [0.25, 0.3) is 0 Å². The SMILES string of the molecule is O=C(CCOC(=O)c1cc(I)cc(I)c1I)Oc1c(F)c(F)c(C(=O)O)c(F)c1F. The van der Waals surface area contributed by atoms with Gasteiger partial charge in [0, 0.05) is 10.7 Å². The molecule has 0 unspecified atom stereocenters. The van der Waals surface area contributed by atoms with Crippen LogP contribution in [0.3, 0.4) is 0 Å². The van der Waals surface area contributed by atoms with Crippen molar-refractivity contribution in [1.29, 1.82) is 0 Å². The standard InChI is InChI=1S/C17H7F4I3O6/c18-10-9(16(26)27)11(19)13(21)15(12(10)20)30-8(25)1-2-29-17(28)6-3-5(22)4-7(23)14(6)24/h3-4H,1-2H2,(H,26,27). The van der Waals surface area contributed by atoms with Crippen LogP contribution in [0, 0.1) is 34.0 Å². The molecule has 0 radical (unpaired) electrons. The highest BCUT2D eigenvalue weighted by Gasteiger charge is 2.31. The number of halogens is 7. The summed E-state index contributed by atoms with van der Waals surface area (Å²) in [4.78, 5) is 34.6. The molecule has 13 heteroatoms. The van der Waals surface area contributed by atoms with Gasteiger partial charge in [-0.1, -0.05) is 0 Å². The van der Waals surface area contributed by atoms with Crippen molar-refractivity contribution >= 4 is 85.7 Å². The summed E-state index contributed by atoms with van der Waals surface area (Å²) in [5.41, 5.74) is -1.62. The second kappa shape index (κ2) is 10.4. The van der Waals surface area contributed by atoms with E-state index in [1.54, 1.807) is 6.07 Å². The molecule has 0 amide bonds. The Labute approximate surface area is 206 Å². The van der Waals surface area contributed by atoms with Crippen molar-refractivity contribution in [2.75, 3.05) is 6.61 Å². The summed E-state index contributed by atoms with van der Waals surface area (Å²) in [6, 6.07) is 3.39. The van der Waals surface area contributed by atoms with Crippen LogP contribution in [0.2, 0.25) is 0 Å². The van der Waals surface area contributed by atoms with Gasteiger partial charge in [0.1, 0.15) is 12.2 Å². The highest BCUT2D eigenvalue weighted by atomic mass is 127. The minimum atomic E-state index is -2.24. The van der Waals surface area contributed by atoms with Crippen molar-refractivity contribution in [1.82, 2.24) is 0 Å². The van der Waals surface area contributed by atoms with Crippen molar-refractivity contribution in [2.45, 2.75) is 6.42 Å². The molecule has 2 aromatic rings. The molecule has 0 heterocycles. The van der Waals surface area contributed by atoms with Gasteiger partial charge in [0.15, 0.2) is 11.6 Å². The fraction of sp³-hybridized carbons (Fsp3) is 0.118. The minimum absolute atomic E-state index is 0.241. The van der Waals surface area contributed by atoms with E-state index in [1.807, 2.05) is 73.8 Å². The van der Waals surface area contributed by atoms with Gasteiger partial charge in [0.2, 0.25) is 17.4 Å². The first-order valence-corrected chi connectivity index (χ1v) is 10.8. The highest BCUT2D eigenvalue weighted by Crippen LogP contribution is 2.30. The first-order chi connectivity index (χ1) is 14.0. The van der Waals surface area contributed by atoms with Crippen LogP contribution in [0.1, 0.15) is 27.1 Å². The predicted molar refractivity (Wildman–Crippen MR) is 118 cm³/mol. The highest BCUT2D eigenvalue weighted by molar-refractivity contribution is 14.1. The number of rotatable bonds is 6. The van der Waals surface area contributed by atoms with Crippen molar-refractivity contribution in [3.05, 3.63) is 57.2 Å². The van der Waals surface area contributed by atoms with Gasteiger partial charge < -0.3 is 14.6 Å². The lowest BCUT2D eigenvalue weighted by Crippen LogP contribution is -2.18. The predicted octanol–water partition coefficient (Wildman–Crippen LogP) is 4.91. The molecule has 6 nitrogen and oxygen atoms in total. The summed E-state index contributed by atoms with van der Waals surface area (Å²) < 4.78 is 66.2. The summed E-state index contributed by atoms with van der Waals surface area (Å²) in [5.74, 6) is -14.9. The number of benzene rings is 2. The van der Waals surface area contributed by atoms with E-state index < -0.39 is 65.5 Å². The summed E-state index contributed by atoms with van der Waals surface area (Å²) in [6.45, 7) is -0.544. The zero-order chi connectivity index (χ0) is 22.7. The van der Waals surface area contributed by atoms with Crippen LogP contribution in [0.25, 0.3) is 0 Å². The Kier molecular flexibility index (Phi) is 8.66. The molecule has 0 aliphatic carbocycles. The largest absolute Gasteiger partial charge is 0.477 e. The molecule has 2 rings (SSSR count). The third-order valence-electron chi connectivity index (χ3n) is 3.41. The number of carbonyl (C=O) groups excluding carboxylic acids is 2. The van der Waals surface area contributed by atoms with Crippen LogP contribution in [0.15, 0.2) is 12.1 Å². The first kappa shape index (κ1) is 25.0. The van der Waals surface area contributed by atoms with Crippen LogP contribution in [-0.2, 0) is 9.53 Å². The Morgan fingerprint density at radius 3 is 2.03 bits per heavy atom. The molecule has 0 fully saturated rings. The number of aromatic carboxylic acids is 1. The maximum Gasteiger partial charge on any atom is 0.341 e. The average Bonchev–Trinajstić information content (AvgIpc) is 2.66. The molecule has 0 atom stereocenters. The number of carboxylic acids is 1. The Bertz CT molecular complexity index is 1030. The Morgan fingerprint density at radius 1 is 0.933 bits per heavy atom. The number of hydrogen-bond acceptors (Lipinski definition) is 5. The summed E-state index contributed by atoms with van der Waals surface area (Å²) >= 11 is 5.96. The number of carboxylic acid groups (broad SMARTS) is 1. The van der Waals surface area contributed by atoms with E-state index >= 15 is 0 Å². The Morgan fingerprint density at radius 2 is 1.50 bits per heavy atom. The molecule has 2 aromatic carbocycles. The molecule has 160 valence electrons. The normalized spacial score (nSPS) is 10.6. The summed E-state index contributed by atoms with van der Waals surface area (Å²) in [6.07, 6.45) is -0.688. The smallest absolute Gasteiger partial charge is 0.341 e. The van der Waals surface area contributed by atoms with E-state index in [0.29, 0.717) is 3.57 Å². The lowest BCUT2D eigenvalue weighted by Gasteiger charge is -2.11. The third-order valence-corrected chi connectivity index (χ3v) is 7.07. The van der Waals surface area contributed by atoms with E-state index in [4.69, 9.17) is 9.84 Å². The van der Waals surface area contributed by atoms with Gasteiger partial charge in [-0.05, 0) is 79.9 Å². The average molecular weight is 764 g/mol. The minimum Gasteiger partial charge on any atom is -0.477 e. The molecular formula is C17H7F4I3O6. The maximum atomic E-state index is 13.8. The lowest BCUT2D eigenvalue weighted by atomic mass is 10.1. The first-order valence-electron chi connectivity index (χ1n) is 7.57. The van der Waals surface area contributed by atoms with Gasteiger partial charge in [-0.15, -0.1) is 0 Å². The van der Waals surface area contributed by atoms with Gasteiger partial charge in [-0.2, -0.15) is 8.78 Å². The van der Waals surface area contributed by atoms with E-state index in [0.717, 1.165) is 7.14 Å². The van der Waals surface area contributed by atoms with E-state index in [9.17, 15) is 31.9 Å². The number of ether oxygens (including phenoxy) is 2. The van der Waals surface area contributed by atoms with Crippen molar-refractivity contribution in [3.8, 4) is 5.75 Å². The Balaban J connectivity index is 2.07. The monoisotopic (exact) mass is 764 g/mol. The third kappa shape index (κ3) is 5.51. The summed E-state index contributed by atoms with van der Waals surface area (Å²) in [7, 11) is 0. The van der Waals surface area contributed by atoms with Gasteiger partial charge >= 0.3 is 17.9 Å². The molecule has 0 aliphatic heterocycles. The van der Waals surface area contributed by atoms with Crippen LogP contribution < -0.4 is 4.74 Å². The molecule has 0 aliphatic rings. The number of carbonyl (C=O) groups is 3. The zero-order valence-electron chi connectivity index (χ0n) is 14.2. The van der Waals surface area contributed by atoms with Gasteiger partial charge in [-0.3, -0.25) is 4.79 Å². The molecule has 0 aromatic heterocycles. The van der Waals surface area contributed by atoms with Crippen LogP contribution in [-0.4, -0.2) is 29.6 Å². The van der Waals surface area contributed by atoms with Crippen molar-refractivity contribution in [2.24, 2.45) is 0 Å². The topological polar surface area (TPSA) is 89.9 Å². The second-order valence-corrected chi connectivity index (χ2v) is 8.86. The zero-order valence-corrected chi connectivity index (χ0v) is 20.7. The Hall–Kier alpha value is -1.24. The fourth-order valence-corrected chi connectivity index (χ4v) is 4.44. The van der Waals surface area contributed by atoms with Crippen molar-refractivity contribution in [3.63, 3.8) is 0 Å². The quantitative estimate of drug-likeness (QED) is 0.148.